The van der Waals surface area contributed by atoms with E-state index in [1.54, 1.807) is 20.3 Å². The molecule has 1 aromatic heterocycles. The predicted molar refractivity (Wildman–Crippen MR) is 141 cm³/mol. The third kappa shape index (κ3) is 6.23. The number of carbonyl (C=O) groups is 1. The molecule has 3 aromatic carbocycles. The Hall–Kier alpha value is -4.73. The van der Waals surface area contributed by atoms with Crippen LogP contribution in [0.15, 0.2) is 79.0 Å². The van der Waals surface area contributed by atoms with E-state index >= 15 is 0 Å². The molecule has 0 atom stereocenters. The zero-order chi connectivity index (χ0) is 25.3. The van der Waals surface area contributed by atoms with E-state index in [9.17, 15) is 4.79 Å². The summed E-state index contributed by atoms with van der Waals surface area (Å²) in [6.45, 7) is 0.321. The van der Waals surface area contributed by atoms with Crippen LogP contribution in [0.3, 0.4) is 0 Å². The van der Waals surface area contributed by atoms with Gasteiger partial charge in [0.05, 0.1) is 14.2 Å². The van der Waals surface area contributed by atoms with Crippen LogP contribution in [0.2, 0.25) is 0 Å². The van der Waals surface area contributed by atoms with E-state index in [1.807, 2.05) is 74.7 Å². The molecule has 9 nitrogen and oxygen atoms in total. The van der Waals surface area contributed by atoms with E-state index in [-0.39, 0.29) is 23.3 Å². The van der Waals surface area contributed by atoms with Crippen LogP contribution in [0.25, 0.3) is 0 Å². The summed E-state index contributed by atoms with van der Waals surface area (Å²) < 4.78 is 16.5. The van der Waals surface area contributed by atoms with Gasteiger partial charge in [0.2, 0.25) is 19.8 Å². The number of nitrogens with one attached hydrogen (secondary N) is 3. The van der Waals surface area contributed by atoms with Crippen LogP contribution >= 0.6 is 0 Å². The SMILES string of the molecule is BNc1cccc(Oc2nc(Nc3cccc(OC)c3)ncc2C(=O)NCc2ccc(OC)cc2)c1. The minimum Gasteiger partial charge on any atom is -0.497 e. The topological polar surface area (TPSA) is 107 Å². The molecule has 0 saturated carbocycles. The quantitative estimate of drug-likeness (QED) is 0.292. The van der Waals surface area contributed by atoms with E-state index in [0.29, 0.717) is 18.0 Å². The lowest BCUT2D eigenvalue weighted by Crippen LogP contribution is -2.24. The van der Waals surface area contributed by atoms with Crippen molar-refractivity contribution in [3.63, 3.8) is 0 Å². The summed E-state index contributed by atoms with van der Waals surface area (Å²) in [7, 11) is 5.02. The molecule has 4 aromatic rings. The summed E-state index contributed by atoms with van der Waals surface area (Å²) in [6.07, 6.45) is 1.44. The van der Waals surface area contributed by atoms with Crippen molar-refractivity contribution < 1.29 is 19.0 Å². The van der Waals surface area contributed by atoms with E-state index < -0.39 is 0 Å². The number of methoxy groups -OCH3 is 2. The average Bonchev–Trinajstić information content (AvgIpc) is 2.92. The van der Waals surface area contributed by atoms with Crippen LogP contribution in [-0.4, -0.2) is 38.1 Å². The van der Waals surface area contributed by atoms with Crippen LogP contribution in [0.4, 0.5) is 17.3 Å². The predicted octanol–water partition coefficient (Wildman–Crippen LogP) is 3.92. The van der Waals surface area contributed by atoms with Crippen molar-refractivity contribution in [1.82, 2.24) is 15.3 Å². The molecule has 0 fully saturated rings. The maximum absolute atomic E-state index is 13.1. The Morgan fingerprint density at radius 2 is 1.58 bits per heavy atom. The number of benzene rings is 3. The van der Waals surface area contributed by atoms with Crippen molar-refractivity contribution in [3.8, 4) is 23.1 Å². The van der Waals surface area contributed by atoms with Gasteiger partial charge in [-0.15, -0.1) is 0 Å². The highest BCUT2D eigenvalue weighted by Gasteiger charge is 2.18. The smallest absolute Gasteiger partial charge is 0.258 e. The number of amides is 1. The third-order valence-electron chi connectivity index (χ3n) is 5.27. The zero-order valence-corrected chi connectivity index (χ0v) is 20.2. The van der Waals surface area contributed by atoms with E-state index in [2.05, 4.69) is 25.8 Å². The Morgan fingerprint density at radius 3 is 2.31 bits per heavy atom. The molecule has 4 rings (SSSR count). The van der Waals surface area contributed by atoms with Gasteiger partial charge in [0.15, 0.2) is 0 Å². The number of rotatable bonds is 10. The van der Waals surface area contributed by atoms with Crippen LogP contribution in [-0.2, 0) is 6.54 Å². The van der Waals surface area contributed by atoms with E-state index in [1.165, 1.54) is 6.20 Å². The first-order valence-corrected chi connectivity index (χ1v) is 11.2. The second-order valence-electron chi connectivity index (χ2n) is 7.68. The summed E-state index contributed by atoms with van der Waals surface area (Å²) in [5.74, 6) is 1.99. The van der Waals surface area contributed by atoms with Gasteiger partial charge in [-0.3, -0.25) is 4.79 Å². The number of aromatic nitrogens is 2. The minimum atomic E-state index is -0.362. The number of hydrogen-bond acceptors (Lipinski definition) is 8. The molecule has 10 heteroatoms. The van der Waals surface area contributed by atoms with Crippen molar-refractivity contribution in [2.45, 2.75) is 6.54 Å². The highest BCUT2D eigenvalue weighted by Crippen LogP contribution is 2.27. The fourth-order valence-electron chi connectivity index (χ4n) is 3.34. The Labute approximate surface area is 210 Å². The Morgan fingerprint density at radius 1 is 0.889 bits per heavy atom. The molecule has 3 N–H and O–H groups in total. The molecule has 0 unspecified atom stereocenters. The fourth-order valence-corrected chi connectivity index (χ4v) is 3.34. The van der Waals surface area contributed by atoms with Gasteiger partial charge in [-0.1, -0.05) is 24.3 Å². The van der Waals surface area contributed by atoms with Crippen LogP contribution in [0.5, 0.6) is 23.1 Å². The first-order valence-electron chi connectivity index (χ1n) is 11.2. The van der Waals surface area contributed by atoms with Crippen molar-refractivity contribution >= 4 is 31.2 Å². The largest absolute Gasteiger partial charge is 0.497 e. The van der Waals surface area contributed by atoms with E-state index in [4.69, 9.17) is 14.2 Å². The van der Waals surface area contributed by atoms with Crippen molar-refractivity contribution in [1.29, 1.82) is 0 Å². The molecule has 0 aliphatic heterocycles. The number of nitrogens with zero attached hydrogens (tertiary/aromatic N) is 2. The molecular weight excluding hydrogens is 457 g/mol. The van der Waals surface area contributed by atoms with E-state index in [0.717, 1.165) is 22.7 Å². The molecule has 36 heavy (non-hydrogen) atoms. The molecule has 0 bridgehead atoms. The molecule has 0 aliphatic rings. The summed E-state index contributed by atoms with van der Waals surface area (Å²) in [4.78, 5) is 21.9. The van der Waals surface area contributed by atoms with Crippen LogP contribution in [0, 0.1) is 0 Å². The number of anilines is 3. The summed E-state index contributed by atoms with van der Waals surface area (Å²) in [5.41, 5.74) is 2.72. The van der Waals surface area contributed by atoms with Gasteiger partial charge in [-0.05, 0) is 42.0 Å². The molecule has 0 saturated heterocycles. The Balaban J connectivity index is 1.58. The Bertz CT molecular complexity index is 1330. The second-order valence-corrected chi connectivity index (χ2v) is 7.68. The number of hydrogen-bond donors (Lipinski definition) is 3. The van der Waals surface area contributed by atoms with Crippen LogP contribution < -0.4 is 30.1 Å². The highest BCUT2D eigenvalue weighted by molar-refractivity contribution is 6.15. The van der Waals surface area contributed by atoms with Gasteiger partial charge in [0.25, 0.3) is 5.91 Å². The number of ether oxygens (including phenoxy) is 3. The molecule has 182 valence electrons. The Kier molecular flexibility index (Phi) is 7.87. The number of carbonyl (C=O) groups excluding carboxylic acids is 1. The van der Waals surface area contributed by atoms with Gasteiger partial charge in [-0.2, -0.15) is 4.98 Å². The highest BCUT2D eigenvalue weighted by atomic mass is 16.5. The second kappa shape index (κ2) is 11.6. The van der Waals surface area contributed by atoms with Crippen molar-refractivity contribution in [2.24, 2.45) is 0 Å². The maximum Gasteiger partial charge on any atom is 0.258 e. The molecular formula is C26H26BN5O4. The monoisotopic (exact) mass is 483 g/mol. The fraction of sp³-hybridized carbons (Fsp3) is 0.115. The molecule has 1 heterocycles. The first-order chi connectivity index (χ1) is 17.6. The summed E-state index contributed by atoms with van der Waals surface area (Å²) >= 11 is 0. The van der Waals surface area contributed by atoms with Crippen LogP contribution in [0.1, 0.15) is 15.9 Å². The van der Waals surface area contributed by atoms with Gasteiger partial charge in [-0.25, -0.2) is 4.98 Å². The standard InChI is InChI=1S/C26H26BN5O4/c1-34-20-11-9-17(10-12-20)15-28-24(33)23-16-29-26(30-18-5-3-7-21(13-18)35-2)31-25(23)36-22-8-4-6-19(14-22)32-27/h3-14,16,32H,15,27H2,1-2H3,(H,28,33)(H,29,30,31). The lowest BCUT2D eigenvalue weighted by atomic mass is 10.2. The van der Waals surface area contributed by atoms with Crippen molar-refractivity contribution in [2.75, 3.05) is 24.8 Å². The summed E-state index contributed by atoms with van der Waals surface area (Å²) in [5, 5.41) is 9.09. The third-order valence-corrected chi connectivity index (χ3v) is 5.27. The lowest BCUT2D eigenvalue weighted by molar-refractivity contribution is 0.0947. The molecule has 0 radical (unpaired) electrons. The maximum atomic E-state index is 13.1. The normalized spacial score (nSPS) is 10.3. The van der Waals surface area contributed by atoms with Gasteiger partial charge >= 0.3 is 0 Å². The molecule has 0 aliphatic carbocycles. The van der Waals surface area contributed by atoms with Gasteiger partial charge in [0, 0.05) is 36.2 Å². The van der Waals surface area contributed by atoms with Crippen molar-refractivity contribution in [3.05, 3.63) is 90.1 Å². The zero-order valence-electron chi connectivity index (χ0n) is 20.2. The first kappa shape index (κ1) is 24.4. The summed E-state index contributed by atoms with van der Waals surface area (Å²) in [6, 6.07) is 22.2. The molecule has 1 amide bonds. The van der Waals surface area contributed by atoms with Gasteiger partial charge < -0.3 is 30.1 Å². The minimum absolute atomic E-state index is 0.121. The van der Waals surface area contributed by atoms with Gasteiger partial charge in [0.1, 0.15) is 22.8 Å². The average molecular weight is 483 g/mol. The molecule has 0 spiro atoms. The lowest BCUT2D eigenvalue weighted by Gasteiger charge is -2.13.